The second kappa shape index (κ2) is 8.22. The van der Waals surface area contributed by atoms with E-state index in [9.17, 15) is 4.79 Å². The highest BCUT2D eigenvalue weighted by atomic mass is 127. The van der Waals surface area contributed by atoms with Crippen LogP contribution in [0.1, 0.15) is 19.4 Å². The van der Waals surface area contributed by atoms with E-state index in [4.69, 9.17) is 27.9 Å². The molecule has 2 aromatic rings. The first-order chi connectivity index (χ1) is 10.9. The van der Waals surface area contributed by atoms with Crippen LogP contribution in [-0.2, 0) is 11.2 Å². The number of hydrogen-bond acceptors (Lipinski definition) is 2. The lowest BCUT2D eigenvalue weighted by molar-refractivity contribution is -0.122. The molecule has 0 aliphatic carbocycles. The van der Waals surface area contributed by atoms with Gasteiger partial charge < -0.3 is 10.1 Å². The predicted octanol–water partition coefficient (Wildman–Crippen LogP) is 5.57. The van der Waals surface area contributed by atoms with E-state index < -0.39 is 6.10 Å². The Morgan fingerprint density at radius 3 is 2.65 bits per heavy atom. The number of rotatable bonds is 5. The molecule has 0 bridgehead atoms. The highest BCUT2D eigenvalue weighted by molar-refractivity contribution is 14.1. The topological polar surface area (TPSA) is 38.3 Å². The first-order valence-corrected chi connectivity index (χ1v) is 8.95. The molecular formula is C17H16Cl2INO2. The SMILES string of the molecule is CCc1cc(I)ccc1NC(=O)[C@H](C)Oc1ccc(Cl)cc1Cl. The van der Waals surface area contributed by atoms with Crippen molar-refractivity contribution in [1.29, 1.82) is 0 Å². The summed E-state index contributed by atoms with van der Waals surface area (Å²) in [5.41, 5.74) is 1.89. The van der Waals surface area contributed by atoms with E-state index in [1.165, 1.54) is 0 Å². The molecule has 1 N–H and O–H groups in total. The molecule has 23 heavy (non-hydrogen) atoms. The van der Waals surface area contributed by atoms with Crippen LogP contribution in [0.4, 0.5) is 5.69 Å². The van der Waals surface area contributed by atoms with Gasteiger partial charge in [-0.05, 0) is 77.9 Å². The summed E-state index contributed by atoms with van der Waals surface area (Å²) in [7, 11) is 0. The van der Waals surface area contributed by atoms with Gasteiger partial charge in [-0.2, -0.15) is 0 Å². The number of carbonyl (C=O) groups excluding carboxylic acids is 1. The molecule has 0 fully saturated rings. The van der Waals surface area contributed by atoms with Crippen LogP contribution in [0.5, 0.6) is 5.75 Å². The smallest absolute Gasteiger partial charge is 0.265 e. The third kappa shape index (κ3) is 4.99. The summed E-state index contributed by atoms with van der Waals surface area (Å²) in [5.74, 6) is 0.198. The van der Waals surface area contributed by atoms with Crippen molar-refractivity contribution < 1.29 is 9.53 Å². The van der Waals surface area contributed by atoms with Gasteiger partial charge in [0, 0.05) is 14.3 Å². The van der Waals surface area contributed by atoms with Crippen LogP contribution in [0.2, 0.25) is 10.0 Å². The van der Waals surface area contributed by atoms with Gasteiger partial charge in [-0.3, -0.25) is 4.79 Å². The van der Waals surface area contributed by atoms with Crippen LogP contribution >= 0.6 is 45.8 Å². The average molecular weight is 464 g/mol. The Labute approximate surface area is 159 Å². The summed E-state index contributed by atoms with van der Waals surface area (Å²) in [6.07, 6.45) is 0.155. The van der Waals surface area contributed by atoms with Gasteiger partial charge in [0.05, 0.1) is 5.02 Å². The van der Waals surface area contributed by atoms with Crippen LogP contribution in [0.15, 0.2) is 36.4 Å². The molecule has 1 amide bonds. The number of benzene rings is 2. The molecule has 0 aromatic heterocycles. The quantitative estimate of drug-likeness (QED) is 0.589. The number of amides is 1. The van der Waals surface area contributed by atoms with Gasteiger partial charge in [-0.15, -0.1) is 0 Å². The lowest BCUT2D eigenvalue weighted by Crippen LogP contribution is -2.30. The van der Waals surface area contributed by atoms with E-state index in [0.29, 0.717) is 15.8 Å². The van der Waals surface area contributed by atoms with E-state index >= 15 is 0 Å². The molecule has 1 atom stereocenters. The average Bonchev–Trinajstić information content (AvgIpc) is 2.51. The van der Waals surface area contributed by atoms with Crippen LogP contribution < -0.4 is 10.1 Å². The number of anilines is 1. The molecule has 3 nitrogen and oxygen atoms in total. The van der Waals surface area contributed by atoms with Crippen molar-refractivity contribution >= 4 is 57.4 Å². The minimum Gasteiger partial charge on any atom is -0.479 e. The third-order valence-electron chi connectivity index (χ3n) is 3.27. The van der Waals surface area contributed by atoms with Gasteiger partial charge in [0.15, 0.2) is 6.10 Å². The van der Waals surface area contributed by atoms with E-state index in [0.717, 1.165) is 21.2 Å². The van der Waals surface area contributed by atoms with Gasteiger partial charge in [0.2, 0.25) is 0 Å². The fourth-order valence-electron chi connectivity index (χ4n) is 2.03. The molecule has 0 spiro atoms. The van der Waals surface area contributed by atoms with Gasteiger partial charge >= 0.3 is 0 Å². The highest BCUT2D eigenvalue weighted by Crippen LogP contribution is 2.28. The maximum absolute atomic E-state index is 12.3. The van der Waals surface area contributed by atoms with E-state index in [1.54, 1.807) is 25.1 Å². The Balaban J connectivity index is 2.08. The molecule has 0 saturated heterocycles. The fourth-order valence-corrected chi connectivity index (χ4v) is 3.03. The molecule has 0 heterocycles. The van der Waals surface area contributed by atoms with Crippen molar-refractivity contribution in [2.45, 2.75) is 26.4 Å². The zero-order chi connectivity index (χ0) is 17.0. The molecule has 0 saturated carbocycles. The van der Waals surface area contributed by atoms with Crippen LogP contribution in [0.25, 0.3) is 0 Å². The first-order valence-electron chi connectivity index (χ1n) is 7.11. The number of hydrogen-bond donors (Lipinski definition) is 1. The first kappa shape index (κ1) is 18.4. The van der Waals surface area contributed by atoms with Gasteiger partial charge in [0.1, 0.15) is 5.75 Å². The molecule has 0 radical (unpaired) electrons. The van der Waals surface area contributed by atoms with Crippen molar-refractivity contribution in [2.24, 2.45) is 0 Å². The zero-order valence-electron chi connectivity index (χ0n) is 12.7. The number of halogens is 3. The molecule has 0 unspecified atom stereocenters. The van der Waals surface area contributed by atoms with Crippen LogP contribution in [0.3, 0.4) is 0 Å². The van der Waals surface area contributed by atoms with E-state index in [-0.39, 0.29) is 5.91 Å². The van der Waals surface area contributed by atoms with E-state index in [2.05, 4.69) is 40.9 Å². The second-order valence-corrected chi connectivity index (χ2v) is 7.07. The molecule has 6 heteroatoms. The predicted molar refractivity (Wildman–Crippen MR) is 104 cm³/mol. The number of nitrogens with one attached hydrogen (secondary N) is 1. The molecule has 2 aromatic carbocycles. The Morgan fingerprint density at radius 1 is 1.26 bits per heavy atom. The van der Waals surface area contributed by atoms with Gasteiger partial charge in [-0.1, -0.05) is 30.1 Å². The maximum atomic E-state index is 12.3. The maximum Gasteiger partial charge on any atom is 0.265 e. The lowest BCUT2D eigenvalue weighted by atomic mass is 10.1. The highest BCUT2D eigenvalue weighted by Gasteiger charge is 2.17. The molecule has 122 valence electrons. The number of ether oxygens (including phenoxy) is 1. The largest absolute Gasteiger partial charge is 0.479 e. The summed E-state index contributed by atoms with van der Waals surface area (Å²) < 4.78 is 6.76. The molecule has 2 rings (SSSR count). The van der Waals surface area contributed by atoms with Crippen molar-refractivity contribution in [3.05, 3.63) is 55.6 Å². The van der Waals surface area contributed by atoms with Crippen molar-refractivity contribution in [3.8, 4) is 5.75 Å². The zero-order valence-corrected chi connectivity index (χ0v) is 16.4. The van der Waals surface area contributed by atoms with Gasteiger partial charge in [0.25, 0.3) is 5.91 Å². The van der Waals surface area contributed by atoms with E-state index in [1.807, 2.05) is 12.1 Å². The standard InChI is InChI=1S/C17H16Cl2INO2/c1-3-11-8-13(20)5-6-15(11)21-17(22)10(2)23-16-7-4-12(18)9-14(16)19/h4-10H,3H2,1-2H3,(H,21,22)/t10-/m0/s1. The van der Waals surface area contributed by atoms with Crippen molar-refractivity contribution in [3.63, 3.8) is 0 Å². The summed E-state index contributed by atoms with van der Waals surface area (Å²) in [6.45, 7) is 3.73. The Bertz CT molecular complexity index is 722. The van der Waals surface area contributed by atoms with Crippen LogP contribution in [-0.4, -0.2) is 12.0 Å². The molecule has 0 aliphatic rings. The summed E-state index contributed by atoms with van der Waals surface area (Å²) in [4.78, 5) is 12.3. The Morgan fingerprint density at radius 2 is 2.00 bits per heavy atom. The van der Waals surface area contributed by atoms with Crippen LogP contribution in [0, 0.1) is 3.57 Å². The summed E-state index contributed by atoms with van der Waals surface area (Å²) in [6, 6.07) is 10.8. The normalized spacial score (nSPS) is 11.9. The Hall–Kier alpha value is -0.980. The van der Waals surface area contributed by atoms with Crippen molar-refractivity contribution in [1.82, 2.24) is 0 Å². The van der Waals surface area contributed by atoms with Gasteiger partial charge in [-0.25, -0.2) is 0 Å². The Kier molecular flexibility index (Phi) is 6.56. The molecule has 0 aliphatic heterocycles. The lowest BCUT2D eigenvalue weighted by Gasteiger charge is -2.17. The second-order valence-electron chi connectivity index (χ2n) is 4.98. The monoisotopic (exact) mass is 463 g/mol. The minimum atomic E-state index is -0.683. The number of aryl methyl sites for hydroxylation is 1. The summed E-state index contributed by atoms with van der Waals surface area (Å²) >= 11 is 14.2. The molecular weight excluding hydrogens is 448 g/mol. The fraction of sp³-hybridized carbons (Fsp3) is 0.235. The summed E-state index contributed by atoms with van der Waals surface area (Å²) in [5, 5.41) is 3.80. The third-order valence-corrected chi connectivity index (χ3v) is 4.47. The minimum absolute atomic E-state index is 0.230. The van der Waals surface area contributed by atoms with Crippen molar-refractivity contribution in [2.75, 3.05) is 5.32 Å². The number of carbonyl (C=O) groups is 1.